The number of carboxylic acids is 1. The zero-order chi connectivity index (χ0) is 19.9. The predicted molar refractivity (Wildman–Crippen MR) is 106 cm³/mol. The molecule has 7 heteroatoms. The summed E-state index contributed by atoms with van der Waals surface area (Å²) in [5.74, 6) is -0.336. The van der Waals surface area contributed by atoms with Crippen LogP contribution in [-0.2, 0) is 4.79 Å². The molecule has 0 saturated heterocycles. The first-order valence-corrected chi connectivity index (χ1v) is 9.99. The monoisotopic (exact) mass is 425 g/mol. The van der Waals surface area contributed by atoms with Crippen molar-refractivity contribution in [3.8, 4) is 5.75 Å². The first kappa shape index (κ1) is 24.2. The molecule has 1 aliphatic rings. The Morgan fingerprint density at radius 1 is 1.24 bits per heavy atom. The van der Waals surface area contributed by atoms with E-state index in [2.05, 4.69) is 5.32 Å². The average Bonchev–Trinajstić information content (AvgIpc) is 2.71. The number of carboxylic acid groups (broad SMARTS) is 1. The van der Waals surface area contributed by atoms with Crippen molar-refractivity contribution in [2.24, 2.45) is 0 Å². The topological polar surface area (TPSA) is 81.6 Å². The molecule has 5 nitrogen and oxygen atoms in total. The fourth-order valence-corrected chi connectivity index (χ4v) is 4.05. The number of nitrogens with one attached hydrogen (secondary N) is 1. The molecule has 0 radical (unpaired) electrons. The van der Waals surface area contributed by atoms with Gasteiger partial charge in [-0.25, -0.2) is 0 Å². The molecular formula is C22H25ClNNaO4. The Balaban J connectivity index is 0.00000300. The quantitative estimate of drug-likeness (QED) is 0.574. The number of halogens is 1. The summed E-state index contributed by atoms with van der Waals surface area (Å²) in [6.07, 6.45) is 3.43. The van der Waals surface area contributed by atoms with E-state index in [9.17, 15) is 15.0 Å². The molecule has 0 aromatic heterocycles. The number of aliphatic hydroxyl groups excluding tert-OH is 1. The van der Waals surface area contributed by atoms with E-state index in [0.717, 1.165) is 36.8 Å². The number of carbonyl (C=O) groups excluding carboxylic acids is 1. The third-order valence-electron chi connectivity index (χ3n) is 5.21. The van der Waals surface area contributed by atoms with Gasteiger partial charge in [0.1, 0.15) is 12.4 Å². The van der Waals surface area contributed by atoms with Crippen molar-refractivity contribution >= 4 is 17.6 Å². The van der Waals surface area contributed by atoms with Crippen LogP contribution >= 0.6 is 11.6 Å². The first-order chi connectivity index (χ1) is 13.5. The third-order valence-corrected chi connectivity index (χ3v) is 5.45. The summed E-state index contributed by atoms with van der Waals surface area (Å²) in [6, 6.07) is 15.1. The summed E-state index contributed by atoms with van der Waals surface area (Å²) < 4.78 is 5.42. The van der Waals surface area contributed by atoms with Gasteiger partial charge >= 0.3 is 29.6 Å². The maximum Gasteiger partial charge on any atom is 1.00 e. The third kappa shape index (κ3) is 7.28. The number of hydrogen-bond acceptors (Lipinski definition) is 5. The average molecular weight is 426 g/mol. The van der Waals surface area contributed by atoms with Crippen molar-refractivity contribution in [3.05, 3.63) is 64.7 Å². The molecule has 3 atom stereocenters. The zero-order valence-corrected chi connectivity index (χ0v) is 19.4. The summed E-state index contributed by atoms with van der Waals surface area (Å²) >= 11 is 6.00. The molecule has 150 valence electrons. The standard InChI is InChI=1S/C22H26ClNO4.Na/c23-17-7-3-6-16(11-17)20(25)13-24-18-8-4-5-15(12-18)19-9-1-2-10-21(19)28-14-22(26)27;/h1-3,6-7,9-11,15,18,20,24-25H,4-5,8,12-14H2,(H,26,27);/q;+1/p-1/t15?,18?,20-;/m0./s1. The minimum atomic E-state index is -1.23. The maximum absolute atomic E-state index is 10.7. The first-order valence-electron chi connectivity index (χ1n) is 9.61. The zero-order valence-electron chi connectivity index (χ0n) is 16.6. The minimum Gasteiger partial charge on any atom is -0.546 e. The van der Waals surface area contributed by atoms with Crippen LogP contribution in [0.3, 0.4) is 0 Å². The summed E-state index contributed by atoms with van der Waals surface area (Å²) in [4.78, 5) is 10.7. The normalized spacial score (nSPS) is 19.8. The smallest absolute Gasteiger partial charge is 0.546 e. The van der Waals surface area contributed by atoms with E-state index >= 15 is 0 Å². The molecule has 0 heterocycles. The van der Waals surface area contributed by atoms with Crippen molar-refractivity contribution in [1.82, 2.24) is 5.32 Å². The Labute approximate surface area is 198 Å². The Bertz CT molecular complexity index is 804. The summed E-state index contributed by atoms with van der Waals surface area (Å²) in [5, 5.41) is 25.2. The van der Waals surface area contributed by atoms with Crippen LogP contribution in [0.25, 0.3) is 0 Å². The molecule has 0 aliphatic heterocycles. The van der Waals surface area contributed by atoms with Crippen LogP contribution < -0.4 is 44.7 Å². The predicted octanol–water partition coefficient (Wildman–Crippen LogP) is -0.178. The van der Waals surface area contributed by atoms with Crippen LogP contribution in [0.1, 0.15) is 48.8 Å². The van der Waals surface area contributed by atoms with Crippen LogP contribution in [0, 0.1) is 0 Å². The van der Waals surface area contributed by atoms with Gasteiger partial charge in [0.2, 0.25) is 0 Å². The van der Waals surface area contributed by atoms with Crippen LogP contribution in [0.5, 0.6) is 5.75 Å². The van der Waals surface area contributed by atoms with E-state index in [4.69, 9.17) is 16.3 Å². The number of ether oxygens (including phenoxy) is 1. The molecule has 2 aromatic rings. The van der Waals surface area contributed by atoms with E-state index in [-0.39, 0.29) is 41.5 Å². The van der Waals surface area contributed by atoms with Gasteiger partial charge in [-0.05, 0) is 54.5 Å². The summed E-state index contributed by atoms with van der Waals surface area (Å²) in [5.41, 5.74) is 1.83. The Morgan fingerprint density at radius 3 is 2.79 bits per heavy atom. The second-order valence-corrected chi connectivity index (χ2v) is 7.67. The van der Waals surface area contributed by atoms with E-state index < -0.39 is 18.7 Å². The summed E-state index contributed by atoms with van der Waals surface area (Å²) in [6.45, 7) is 0.0117. The number of aliphatic hydroxyl groups is 1. The Hall–Kier alpha value is -1.08. The second kappa shape index (κ2) is 11.9. The molecule has 0 bridgehead atoms. The van der Waals surface area contributed by atoms with Gasteiger partial charge in [0.05, 0.1) is 12.1 Å². The van der Waals surface area contributed by atoms with E-state index in [1.165, 1.54) is 0 Å². The van der Waals surface area contributed by atoms with Gasteiger partial charge < -0.3 is 25.1 Å². The molecule has 2 unspecified atom stereocenters. The summed E-state index contributed by atoms with van der Waals surface area (Å²) in [7, 11) is 0. The number of hydrogen-bond donors (Lipinski definition) is 2. The Morgan fingerprint density at radius 2 is 2.03 bits per heavy atom. The van der Waals surface area contributed by atoms with Crippen molar-refractivity contribution < 1.29 is 49.3 Å². The largest absolute Gasteiger partial charge is 1.00 e. The molecule has 2 aromatic carbocycles. The molecule has 29 heavy (non-hydrogen) atoms. The molecule has 0 spiro atoms. The molecule has 1 fully saturated rings. The van der Waals surface area contributed by atoms with Gasteiger partial charge in [-0.3, -0.25) is 0 Å². The van der Waals surface area contributed by atoms with Crippen LogP contribution in [0.4, 0.5) is 0 Å². The van der Waals surface area contributed by atoms with E-state index in [0.29, 0.717) is 17.3 Å². The van der Waals surface area contributed by atoms with Gasteiger partial charge in [0.15, 0.2) is 0 Å². The fourth-order valence-electron chi connectivity index (χ4n) is 3.85. The van der Waals surface area contributed by atoms with Crippen LogP contribution in [-0.4, -0.2) is 30.3 Å². The number of aliphatic carboxylic acids is 1. The minimum absolute atomic E-state index is 0. The molecule has 0 amide bonds. The maximum atomic E-state index is 10.7. The number of rotatable bonds is 8. The van der Waals surface area contributed by atoms with E-state index in [1.807, 2.05) is 30.3 Å². The molecular weight excluding hydrogens is 401 g/mol. The van der Waals surface area contributed by atoms with Gasteiger partial charge in [0, 0.05) is 17.6 Å². The number of carbonyl (C=O) groups is 1. The van der Waals surface area contributed by atoms with Gasteiger partial charge in [-0.1, -0.05) is 48.4 Å². The molecule has 3 rings (SSSR count). The Kier molecular flexibility index (Phi) is 9.96. The molecule has 1 aliphatic carbocycles. The SMILES string of the molecule is O=C([O-])COc1ccccc1C1CCCC(NC[C@H](O)c2cccc(Cl)c2)C1.[Na+]. The van der Waals surface area contributed by atoms with E-state index in [1.54, 1.807) is 18.2 Å². The molecule has 1 saturated carbocycles. The van der Waals surface area contributed by atoms with Crippen molar-refractivity contribution in [2.45, 2.75) is 43.7 Å². The van der Waals surface area contributed by atoms with Crippen molar-refractivity contribution in [3.63, 3.8) is 0 Å². The number of para-hydroxylation sites is 1. The number of benzene rings is 2. The van der Waals surface area contributed by atoms with Gasteiger partial charge in [-0.2, -0.15) is 0 Å². The van der Waals surface area contributed by atoms with Crippen molar-refractivity contribution in [1.29, 1.82) is 0 Å². The van der Waals surface area contributed by atoms with Crippen LogP contribution in [0.15, 0.2) is 48.5 Å². The van der Waals surface area contributed by atoms with Gasteiger partial charge in [0.25, 0.3) is 0 Å². The van der Waals surface area contributed by atoms with Gasteiger partial charge in [-0.15, -0.1) is 0 Å². The fraction of sp³-hybridized carbons (Fsp3) is 0.409. The second-order valence-electron chi connectivity index (χ2n) is 7.24. The van der Waals surface area contributed by atoms with Crippen molar-refractivity contribution in [2.75, 3.05) is 13.2 Å². The molecule has 2 N–H and O–H groups in total. The van der Waals surface area contributed by atoms with Crippen LogP contribution in [0.2, 0.25) is 5.02 Å².